The molecule has 12 heteroatoms. The van der Waals surface area contributed by atoms with Gasteiger partial charge in [-0.05, 0) is 0 Å². The summed E-state index contributed by atoms with van der Waals surface area (Å²) >= 11 is 0. The molecule has 0 unspecified atom stereocenters. The molecule has 148 valence electrons. The molecule has 0 spiro atoms. The third kappa shape index (κ3) is 2.81. The molecule has 2 aromatic rings. The fourth-order valence-electron chi connectivity index (χ4n) is 3.43. The molecule has 4 rings (SSSR count). The molecule has 2 aliphatic heterocycles. The van der Waals surface area contributed by atoms with Crippen LogP contribution < -0.4 is 5.32 Å². The van der Waals surface area contributed by atoms with Crippen molar-refractivity contribution < 1.29 is 33.3 Å². The van der Waals surface area contributed by atoms with Crippen LogP contribution in [0.4, 0.5) is 5.82 Å². The summed E-state index contributed by atoms with van der Waals surface area (Å²) in [6, 6.07) is 0. The molecule has 0 radical (unpaired) electrons. The van der Waals surface area contributed by atoms with Crippen molar-refractivity contribution in [1.29, 1.82) is 0 Å². The molecule has 2 aromatic heterocycles. The molecule has 0 saturated carbocycles. The van der Waals surface area contributed by atoms with E-state index in [0.717, 1.165) is 0 Å². The SMILES string of the molecule is CNc1ncnc2c1ncn2[C@@H]1O[C@H]2[C@H](OC(=O)[C@H]2OC(C)=O)[C@H]1OC(C)=O. The van der Waals surface area contributed by atoms with Gasteiger partial charge in [0.1, 0.15) is 17.9 Å². The Bertz CT molecular complexity index is 960. The maximum absolute atomic E-state index is 12.1. The first-order valence-corrected chi connectivity index (χ1v) is 8.46. The van der Waals surface area contributed by atoms with Crippen molar-refractivity contribution in [1.82, 2.24) is 19.5 Å². The zero-order valence-electron chi connectivity index (χ0n) is 15.2. The van der Waals surface area contributed by atoms with E-state index in [4.69, 9.17) is 18.9 Å². The van der Waals surface area contributed by atoms with E-state index in [9.17, 15) is 14.4 Å². The van der Waals surface area contributed by atoms with Crippen LogP contribution in [0.15, 0.2) is 12.7 Å². The predicted octanol–water partition coefficient (Wildman–Crippen LogP) is -0.446. The van der Waals surface area contributed by atoms with Gasteiger partial charge in [-0.15, -0.1) is 0 Å². The van der Waals surface area contributed by atoms with Crippen LogP contribution in [0.25, 0.3) is 11.2 Å². The standard InChI is InChI=1S/C16H17N5O7/c1-6(22)25-11-9-10(12(16(24)28-9)26-7(2)23)27-15(11)21-5-20-8-13(17-3)18-4-19-14(8)21/h4-5,9-12,15H,1-3H3,(H,17,18,19)/t9-,10-,11+,12-,15+/m0/s1. The van der Waals surface area contributed by atoms with Gasteiger partial charge in [0, 0.05) is 20.9 Å². The minimum absolute atomic E-state index is 0.428. The number of fused-ring (bicyclic) bond motifs is 2. The lowest BCUT2D eigenvalue weighted by Gasteiger charge is -2.22. The largest absolute Gasteiger partial charge is 0.454 e. The highest BCUT2D eigenvalue weighted by molar-refractivity contribution is 5.83. The monoisotopic (exact) mass is 391 g/mol. The van der Waals surface area contributed by atoms with E-state index in [1.165, 1.54) is 26.5 Å². The van der Waals surface area contributed by atoms with Gasteiger partial charge >= 0.3 is 17.9 Å². The van der Waals surface area contributed by atoms with E-state index in [0.29, 0.717) is 17.0 Å². The summed E-state index contributed by atoms with van der Waals surface area (Å²) in [5.41, 5.74) is 0.914. The van der Waals surface area contributed by atoms with E-state index < -0.39 is 48.6 Å². The van der Waals surface area contributed by atoms with Gasteiger partial charge < -0.3 is 24.3 Å². The highest BCUT2D eigenvalue weighted by Gasteiger charge is 2.61. The molecular formula is C16H17N5O7. The smallest absolute Gasteiger partial charge is 0.350 e. The van der Waals surface area contributed by atoms with E-state index in [2.05, 4.69) is 20.3 Å². The summed E-state index contributed by atoms with van der Waals surface area (Å²) in [6.45, 7) is 2.41. The van der Waals surface area contributed by atoms with Crippen molar-refractivity contribution >= 4 is 34.9 Å². The van der Waals surface area contributed by atoms with Gasteiger partial charge in [0.25, 0.3) is 0 Å². The number of nitrogens with zero attached hydrogens (tertiary/aromatic N) is 4. The molecule has 2 aliphatic rings. The molecule has 0 amide bonds. The predicted molar refractivity (Wildman–Crippen MR) is 89.8 cm³/mol. The van der Waals surface area contributed by atoms with Crippen LogP contribution in [0, 0.1) is 0 Å². The number of carbonyl (C=O) groups excluding carboxylic acids is 3. The maximum Gasteiger partial charge on any atom is 0.350 e. The summed E-state index contributed by atoms with van der Waals surface area (Å²) in [5.74, 6) is -1.48. The molecule has 12 nitrogen and oxygen atoms in total. The summed E-state index contributed by atoms with van der Waals surface area (Å²) in [4.78, 5) is 47.7. The average molecular weight is 391 g/mol. The summed E-state index contributed by atoms with van der Waals surface area (Å²) in [6.07, 6.45) is -2.17. The minimum Gasteiger partial charge on any atom is -0.454 e. The van der Waals surface area contributed by atoms with Gasteiger partial charge in [-0.2, -0.15) is 0 Å². The lowest BCUT2D eigenvalue weighted by Crippen LogP contribution is -2.36. The van der Waals surface area contributed by atoms with Crippen molar-refractivity contribution in [3.05, 3.63) is 12.7 Å². The second kappa shape index (κ2) is 6.71. The first kappa shape index (κ1) is 18.1. The zero-order valence-corrected chi connectivity index (χ0v) is 15.2. The molecule has 0 aromatic carbocycles. The highest BCUT2D eigenvalue weighted by Crippen LogP contribution is 2.41. The van der Waals surface area contributed by atoms with E-state index in [1.54, 1.807) is 11.6 Å². The Labute approximate surface area is 158 Å². The molecular weight excluding hydrogens is 374 g/mol. The molecule has 0 aliphatic carbocycles. The maximum atomic E-state index is 12.1. The number of hydrogen-bond acceptors (Lipinski definition) is 11. The molecule has 5 atom stereocenters. The van der Waals surface area contributed by atoms with Gasteiger partial charge in [-0.1, -0.05) is 0 Å². The Hall–Kier alpha value is -3.28. The van der Waals surface area contributed by atoms with Gasteiger partial charge in [0.2, 0.25) is 6.10 Å². The Balaban J connectivity index is 1.73. The second-order valence-corrected chi connectivity index (χ2v) is 6.29. The number of hydrogen-bond donors (Lipinski definition) is 1. The number of imidazole rings is 1. The van der Waals surface area contributed by atoms with Crippen LogP contribution in [0.3, 0.4) is 0 Å². The number of esters is 3. The number of nitrogens with one attached hydrogen (secondary N) is 1. The van der Waals surface area contributed by atoms with Gasteiger partial charge in [0.15, 0.2) is 29.9 Å². The number of anilines is 1. The Morgan fingerprint density at radius 3 is 2.57 bits per heavy atom. The van der Waals surface area contributed by atoms with Crippen LogP contribution in [0.2, 0.25) is 0 Å². The topological polar surface area (TPSA) is 144 Å². The lowest BCUT2D eigenvalue weighted by atomic mass is 10.1. The minimum atomic E-state index is -1.25. The third-order valence-electron chi connectivity index (χ3n) is 4.47. The number of rotatable bonds is 4. The van der Waals surface area contributed by atoms with Crippen molar-refractivity contribution in [2.45, 2.75) is 44.5 Å². The quantitative estimate of drug-likeness (QED) is 0.534. The highest BCUT2D eigenvalue weighted by atomic mass is 16.7. The third-order valence-corrected chi connectivity index (χ3v) is 4.47. The van der Waals surface area contributed by atoms with Crippen molar-refractivity contribution in [2.24, 2.45) is 0 Å². The summed E-state index contributed by atoms with van der Waals surface area (Å²) in [7, 11) is 1.70. The van der Waals surface area contributed by atoms with Crippen LogP contribution >= 0.6 is 0 Å². The van der Waals surface area contributed by atoms with Crippen LogP contribution in [-0.4, -0.2) is 68.9 Å². The van der Waals surface area contributed by atoms with Crippen LogP contribution in [0.5, 0.6) is 0 Å². The lowest BCUT2D eigenvalue weighted by molar-refractivity contribution is -0.174. The van der Waals surface area contributed by atoms with Gasteiger partial charge in [-0.3, -0.25) is 14.2 Å². The summed E-state index contributed by atoms with van der Waals surface area (Å²) < 4.78 is 23.2. The first-order chi connectivity index (χ1) is 13.4. The second-order valence-electron chi connectivity index (χ2n) is 6.29. The molecule has 28 heavy (non-hydrogen) atoms. The van der Waals surface area contributed by atoms with Crippen LogP contribution in [-0.2, 0) is 33.3 Å². The van der Waals surface area contributed by atoms with E-state index in [1.807, 2.05) is 0 Å². The van der Waals surface area contributed by atoms with Crippen molar-refractivity contribution in [2.75, 3.05) is 12.4 Å². The molecule has 2 saturated heterocycles. The number of carbonyl (C=O) groups is 3. The number of aromatic nitrogens is 4. The van der Waals surface area contributed by atoms with Crippen LogP contribution in [0.1, 0.15) is 20.1 Å². The van der Waals surface area contributed by atoms with E-state index >= 15 is 0 Å². The molecule has 0 bridgehead atoms. The number of ether oxygens (including phenoxy) is 4. The normalized spacial score (nSPS) is 28.7. The van der Waals surface area contributed by atoms with Gasteiger partial charge in [0.05, 0.1) is 6.33 Å². The zero-order chi connectivity index (χ0) is 20.0. The Morgan fingerprint density at radius 1 is 1.14 bits per heavy atom. The Morgan fingerprint density at radius 2 is 1.89 bits per heavy atom. The fraction of sp³-hybridized carbons (Fsp3) is 0.500. The van der Waals surface area contributed by atoms with Crippen molar-refractivity contribution in [3.8, 4) is 0 Å². The summed E-state index contributed by atoms with van der Waals surface area (Å²) in [5, 5.41) is 2.91. The molecule has 4 heterocycles. The first-order valence-electron chi connectivity index (χ1n) is 8.46. The van der Waals surface area contributed by atoms with Crippen molar-refractivity contribution in [3.63, 3.8) is 0 Å². The Kier molecular flexibility index (Phi) is 4.34. The van der Waals surface area contributed by atoms with Gasteiger partial charge in [-0.25, -0.2) is 19.7 Å². The molecule has 1 N–H and O–H groups in total. The fourth-order valence-corrected chi connectivity index (χ4v) is 3.43. The van der Waals surface area contributed by atoms with E-state index in [-0.39, 0.29) is 0 Å². The molecule has 2 fully saturated rings. The average Bonchev–Trinajstić information content (AvgIpc) is 3.29.